The summed E-state index contributed by atoms with van der Waals surface area (Å²) < 4.78 is 40.2. The highest BCUT2D eigenvalue weighted by Crippen LogP contribution is 2.22. The Hall–Kier alpha value is -1.18. The first-order chi connectivity index (χ1) is 8.77. The van der Waals surface area contributed by atoms with Gasteiger partial charge >= 0.3 is 0 Å². The van der Waals surface area contributed by atoms with Crippen molar-refractivity contribution in [1.82, 2.24) is 4.72 Å². The van der Waals surface area contributed by atoms with Gasteiger partial charge in [0.25, 0.3) is 0 Å². The highest BCUT2D eigenvalue weighted by molar-refractivity contribution is 7.89. The number of aliphatic hydroxyl groups is 1. The summed E-state index contributed by atoms with van der Waals surface area (Å²) in [6, 6.07) is 1.98. The van der Waals surface area contributed by atoms with E-state index < -0.39 is 15.8 Å². The van der Waals surface area contributed by atoms with E-state index in [1.54, 1.807) is 6.92 Å². The molecule has 0 amide bonds. The predicted octanol–water partition coefficient (Wildman–Crippen LogP) is 1.16. The molecule has 0 aliphatic carbocycles. The zero-order chi connectivity index (χ0) is 14.6. The number of rotatable bonds is 6. The van der Waals surface area contributed by atoms with Crippen LogP contribution in [0.4, 0.5) is 10.1 Å². The molecule has 0 aromatic heterocycles. The molecule has 0 fully saturated rings. The lowest BCUT2D eigenvalue weighted by Crippen LogP contribution is -2.33. The summed E-state index contributed by atoms with van der Waals surface area (Å²) >= 11 is 0. The molecule has 108 valence electrons. The van der Waals surface area contributed by atoms with Gasteiger partial charge in [-0.15, -0.1) is 0 Å². The van der Waals surface area contributed by atoms with E-state index in [1.165, 1.54) is 13.0 Å². The predicted molar refractivity (Wildman–Crippen MR) is 71.7 cm³/mol. The van der Waals surface area contributed by atoms with Crippen LogP contribution in [0.25, 0.3) is 0 Å². The number of hydrogen-bond acceptors (Lipinski definition) is 4. The van der Waals surface area contributed by atoms with E-state index in [0.29, 0.717) is 12.8 Å². The molecule has 0 saturated heterocycles. The summed E-state index contributed by atoms with van der Waals surface area (Å²) in [6.07, 6.45) is 0.994. The molecule has 4 N–H and O–H groups in total. The van der Waals surface area contributed by atoms with Gasteiger partial charge < -0.3 is 10.8 Å². The van der Waals surface area contributed by atoms with E-state index in [4.69, 9.17) is 10.8 Å². The number of hydrogen-bond donors (Lipinski definition) is 3. The first-order valence-corrected chi connectivity index (χ1v) is 7.45. The fourth-order valence-electron chi connectivity index (χ4n) is 1.74. The van der Waals surface area contributed by atoms with Crippen LogP contribution in [-0.2, 0) is 10.0 Å². The van der Waals surface area contributed by atoms with Crippen LogP contribution in [-0.4, -0.2) is 26.2 Å². The Morgan fingerprint density at radius 3 is 2.68 bits per heavy atom. The normalized spacial score (nSPS) is 13.5. The van der Waals surface area contributed by atoms with E-state index in [-0.39, 0.29) is 28.8 Å². The maximum absolute atomic E-state index is 13.5. The molecule has 1 aromatic rings. The topological polar surface area (TPSA) is 92.4 Å². The summed E-state index contributed by atoms with van der Waals surface area (Å²) in [5.41, 5.74) is 5.57. The zero-order valence-corrected chi connectivity index (χ0v) is 11.8. The van der Waals surface area contributed by atoms with Crippen molar-refractivity contribution in [2.45, 2.75) is 37.6 Å². The van der Waals surface area contributed by atoms with Crippen LogP contribution < -0.4 is 10.5 Å². The van der Waals surface area contributed by atoms with Gasteiger partial charge in [0.2, 0.25) is 10.0 Å². The molecule has 5 nitrogen and oxygen atoms in total. The van der Waals surface area contributed by atoms with Gasteiger partial charge in [-0.25, -0.2) is 17.5 Å². The SMILES string of the molecule is Cc1c(F)cc(N)cc1S(=O)(=O)NC(C)CCCO. The van der Waals surface area contributed by atoms with Gasteiger partial charge in [-0.1, -0.05) is 0 Å². The second-order valence-corrected chi connectivity index (χ2v) is 6.20. The summed E-state index contributed by atoms with van der Waals surface area (Å²) in [5, 5.41) is 8.70. The molecule has 1 unspecified atom stereocenters. The maximum atomic E-state index is 13.5. The summed E-state index contributed by atoms with van der Waals surface area (Å²) in [7, 11) is -3.82. The molecule has 1 aromatic carbocycles. The Balaban J connectivity index is 3.01. The average molecular weight is 290 g/mol. The van der Waals surface area contributed by atoms with Gasteiger partial charge in [-0.3, -0.25) is 0 Å². The second-order valence-electron chi connectivity index (χ2n) is 4.51. The van der Waals surface area contributed by atoms with Crippen LogP contribution in [0.3, 0.4) is 0 Å². The number of nitrogens with one attached hydrogen (secondary N) is 1. The lowest BCUT2D eigenvalue weighted by Gasteiger charge is -2.15. The minimum absolute atomic E-state index is 0.00198. The molecule has 0 bridgehead atoms. The largest absolute Gasteiger partial charge is 0.399 e. The standard InChI is InChI=1S/C12H19FN2O3S/c1-8(4-3-5-16)15-19(17,18)12-7-10(14)6-11(13)9(12)2/h6-8,15-16H,3-5,14H2,1-2H3. The van der Waals surface area contributed by atoms with Crippen LogP contribution in [0, 0.1) is 12.7 Å². The third-order valence-corrected chi connectivity index (χ3v) is 4.48. The fourth-order valence-corrected chi connectivity index (χ4v) is 3.30. The van der Waals surface area contributed by atoms with Crippen molar-refractivity contribution < 1.29 is 17.9 Å². The number of sulfonamides is 1. The Kier molecular flexibility index (Phi) is 5.28. The molecular weight excluding hydrogens is 271 g/mol. The van der Waals surface area contributed by atoms with Crippen LogP contribution in [0.1, 0.15) is 25.3 Å². The minimum atomic E-state index is -3.82. The highest BCUT2D eigenvalue weighted by Gasteiger charge is 2.21. The monoisotopic (exact) mass is 290 g/mol. The van der Waals surface area contributed by atoms with Crippen LogP contribution in [0.15, 0.2) is 17.0 Å². The fraction of sp³-hybridized carbons (Fsp3) is 0.500. The smallest absolute Gasteiger partial charge is 0.241 e. The first kappa shape index (κ1) is 15.9. The molecule has 0 aliphatic rings. The van der Waals surface area contributed by atoms with Gasteiger partial charge in [0.1, 0.15) is 5.82 Å². The molecule has 19 heavy (non-hydrogen) atoms. The minimum Gasteiger partial charge on any atom is -0.399 e. The van der Waals surface area contributed by atoms with E-state index in [9.17, 15) is 12.8 Å². The van der Waals surface area contributed by atoms with Gasteiger partial charge in [-0.05, 0) is 38.8 Å². The van der Waals surface area contributed by atoms with Crippen molar-refractivity contribution in [3.63, 3.8) is 0 Å². The summed E-state index contributed by atoms with van der Waals surface area (Å²) in [5.74, 6) is -0.650. The molecule has 0 saturated carbocycles. The third kappa shape index (κ3) is 4.15. The Morgan fingerprint density at radius 1 is 1.47 bits per heavy atom. The zero-order valence-electron chi connectivity index (χ0n) is 11.0. The van der Waals surface area contributed by atoms with Crippen LogP contribution in [0.5, 0.6) is 0 Å². The molecular formula is C12H19FN2O3S. The molecule has 1 atom stereocenters. The van der Waals surface area contributed by atoms with Gasteiger partial charge in [0.15, 0.2) is 0 Å². The average Bonchev–Trinajstić information content (AvgIpc) is 2.30. The Bertz CT molecular complexity index is 546. The van der Waals surface area contributed by atoms with Crippen molar-refractivity contribution >= 4 is 15.7 Å². The molecule has 0 heterocycles. The molecule has 0 radical (unpaired) electrons. The van der Waals surface area contributed by atoms with Crippen molar-refractivity contribution in [3.05, 3.63) is 23.5 Å². The molecule has 1 rings (SSSR count). The third-order valence-electron chi connectivity index (χ3n) is 2.76. The van der Waals surface area contributed by atoms with Crippen LogP contribution in [0.2, 0.25) is 0 Å². The number of nitrogens with two attached hydrogens (primary N) is 1. The second kappa shape index (κ2) is 6.31. The summed E-state index contributed by atoms with van der Waals surface area (Å²) in [6.45, 7) is 3.07. The Labute approximate surface area is 112 Å². The number of benzene rings is 1. The molecule has 0 aliphatic heterocycles. The van der Waals surface area contributed by atoms with Gasteiger partial charge in [-0.2, -0.15) is 0 Å². The highest BCUT2D eigenvalue weighted by atomic mass is 32.2. The summed E-state index contributed by atoms with van der Waals surface area (Å²) in [4.78, 5) is -0.152. The lowest BCUT2D eigenvalue weighted by molar-refractivity contribution is 0.279. The van der Waals surface area contributed by atoms with E-state index in [1.807, 2.05) is 0 Å². The number of halogens is 1. The van der Waals surface area contributed by atoms with Crippen molar-refractivity contribution in [2.24, 2.45) is 0 Å². The van der Waals surface area contributed by atoms with Crippen molar-refractivity contribution in [3.8, 4) is 0 Å². The van der Waals surface area contributed by atoms with E-state index >= 15 is 0 Å². The number of anilines is 1. The maximum Gasteiger partial charge on any atom is 0.241 e. The first-order valence-electron chi connectivity index (χ1n) is 5.96. The molecule has 7 heteroatoms. The van der Waals surface area contributed by atoms with E-state index in [0.717, 1.165) is 6.07 Å². The lowest BCUT2D eigenvalue weighted by atomic mass is 10.2. The van der Waals surface area contributed by atoms with Crippen LogP contribution >= 0.6 is 0 Å². The Morgan fingerprint density at radius 2 is 2.11 bits per heavy atom. The van der Waals surface area contributed by atoms with Crippen molar-refractivity contribution in [1.29, 1.82) is 0 Å². The number of aliphatic hydroxyl groups excluding tert-OH is 1. The van der Waals surface area contributed by atoms with Gasteiger partial charge in [0.05, 0.1) is 4.90 Å². The van der Waals surface area contributed by atoms with E-state index in [2.05, 4.69) is 4.72 Å². The number of nitrogen functional groups attached to an aromatic ring is 1. The quantitative estimate of drug-likeness (QED) is 0.685. The van der Waals surface area contributed by atoms with Gasteiger partial charge in [0, 0.05) is 23.9 Å². The molecule has 0 spiro atoms. The van der Waals surface area contributed by atoms with Crippen molar-refractivity contribution in [2.75, 3.05) is 12.3 Å².